The van der Waals surface area contributed by atoms with Crippen LogP contribution in [0.2, 0.25) is 0 Å². The highest BCUT2D eigenvalue weighted by molar-refractivity contribution is 5.81. The van der Waals surface area contributed by atoms with Crippen molar-refractivity contribution in [3.63, 3.8) is 0 Å². The van der Waals surface area contributed by atoms with Crippen LogP contribution in [0, 0.1) is 5.92 Å². The first-order valence-electron chi connectivity index (χ1n) is 5.95. The van der Waals surface area contributed by atoms with Crippen LogP contribution in [0.4, 0.5) is 0 Å². The van der Waals surface area contributed by atoms with Gasteiger partial charge in [-0.15, -0.1) is 0 Å². The molecule has 0 spiro atoms. The molecular formula is C11H20N2O2. The minimum atomic E-state index is 0.0427. The molecule has 2 rings (SSSR count). The Bertz CT molecular complexity index is 209. The molecule has 2 saturated heterocycles. The summed E-state index contributed by atoms with van der Waals surface area (Å²) in [5, 5.41) is 6.26. The normalized spacial score (nSPS) is 31.5. The molecule has 2 N–H and O–H groups in total. The fourth-order valence-corrected chi connectivity index (χ4v) is 2.19. The summed E-state index contributed by atoms with van der Waals surface area (Å²) >= 11 is 0. The van der Waals surface area contributed by atoms with Gasteiger partial charge in [0, 0.05) is 19.1 Å². The summed E-state index contributed by atoms with van der Waals surface area (Å²) in [6.45, 7) is 3.40. The topological polar surface area (TPSA) is 50.4 Å². The van der Waals surface area contributed by atoms with Crippen molar-refractivity contribution in [2.24, 2.45) is 5.92 Å². The summed E-state index contributed by atoms with van der Waals surface area (Å²) in [6, 6.07) is 0.0427. The molecule has 0 aromatic heterocycles. The number of hydrogen-bond acceptors (Lipinski definition) is 3. The lowest BCUT2D eigenvalue weighted by Gasteiger charge is -2.23. The van der Waals surface area contributed by atoms with E-state index in [1.165, 1.54) is 6.42 Å². The predicted octanol–water partition coefficient (Wildman–Crippen LogP) is 0.281. The maximum absolute atomic E-state index is 11.7. The number of carbonyl (C=O) groups excluding carboxylic acids is 1. The lowest BCUT2D eigenvalue weighted by Crippen LogP contribution is -2.47. The lowest BCUT2D eigenvalue weighted by molar-refractivity contribution is -0.123. The van der Waals surface area contributed by atoms with E-state index in [0.717, 1.165) is 45.6 Å². The standard InChI is InChI=1S/C11H20N2O2/c14-11(10-3-1-2-5-12-10)13-7-9-4-6-15-8-9/h9-10,12H,1-8H2,(H,13,14)/t9?,10-/m0/s1. The maximum atomic E-state index is 11.7. The predicted molar refractivity (Wildman–Crippen MR) is 57.6 cm³/mol. The molecule has 0 aliphatic carbocycles. The molecule has 0 aromatic rings. The lowest BCUT2D eigenvalue weighted by atomic mass is 10.0. The molecule has 2 fully saturated rings. The average molecular weight is 212 g/mol. The van der Waals surface area contributed by atoms with E-state index in [0.29, 0.717) is 5.92 Å². The Balaban J connectivity index is 1.66. The van der Waals surface area contributed by atoms with Crippen LogP contribution in [0.3, 0.4) is 0 Å². The van der Waals surface area contributed by atoms with Crippen LogP contribution in [0.1, 0.15) is 25.7 Å². The molecule has 86 valence electrons. The fourth-order valence-electron chi connectivity index (χ4n) is 2.19. The average Bonchev–Trinajstić information content (AvgIpc) is 2.80. The number of carbonyl (C=O) groups is 1. The molecule has 1 amide bonds. The Morgan fingerprint density at radius 1 is 1.40 bits per heavy atom. The molecule has 0 radical (unpaired) electrons. The van der Waals surface area contributed by atoms with Crippen molar-refractivity contribution < 1.29 is 9.53 Å². The van der Waals surface area contributed by atoms with E-state index >= 15 is 0 Å². The first-order chi connectivity index (χ1) is 7.36. The van der Waals surface area contributed by atoms with Gasteiger partial charge in [-0.05, 0) is 25.8 Å². The molecule has 0 aromatic carbocycles. The van der Waals surface area contributed by atoms with Gasteiger partial charge in [0.2, 0.25) is 5.91 Å². The summed E-state index contributed by atoms with van der Waals surface area (Å²) in [6.07, 6.45) is 4.42. The highest BCUT2D eigenvalue weighted by atomic mass is 16.5. The summed E-state index contributed by atoms with van der Waals surface area (Å²) in [4.78, 5) is 11.7. The highest BCUT2D eigenvalue weighted by Gasteiger charge is 2.22. The van der Waals surface area contributed by atoms with E-state index < -0.39 is 0 Å². The van der Waals surface area contributed by atoms with Gasteiger partial charge in [-0.3, -0.25) is 4.79 Å². The Morgan fingerprint density at radius 3 is 3.00 bits per heavy atom. The van der Waals surface area contributed by atoms with Gasteiger partial charge >= 0.3 is 0 Å². The van der Waals surface area contributed by atoms with Gasteiger partial charge in [-0.2, -0.15) is 0 Å². The first kappa shape index (κ1) is 10.9. The fraction of sp³-hybridized carbons (Fsp3) is 0.909. The molecule has 2 aliphatic rings. The molecule has 0 bridgehead atoms. The summed E-state index contributed by atoms with van der Waals surface area (Å²) in [5.74, 6) is 0.694. The van der Waals surface area contributed by atoms with Crippen molar-refractivity contribution in [1.82, 2.24) is 10.6 Å². The summed E-state index contributed by atoms with van der Waals surface area (Å²) in [5.41, 5.74) is 0. The zero-order valence-electron chi connectivity index (χ0n) is 9.13. The van der Waals surface area contributed by atoms with E-state index in [9.17, 15) is 4.79 Å². The molecule has 2 atom stereocenters. The van der Waals surface area contributed by atoms with Crippen LogP contribution >= 0.6 is 0 Å². The van der Waals surface area contributed by atoms with Gasteiger partial charge in [0.25, 0.3) is 0 Å². The van der Waals surface area contributed by atoms with E-state index in [-0.39, 0.29) is 11.9 Å². The number of ether oxygens (including phenoxy) is 1. The van der Waals surface area contributed by atoms with Crippen LogP contribution in [-0.2, 0) is 9.53 Å². The van der Waals surface area contributed by atoms with Crippen molar-refractivity contribution >= 4 is 5.91 Å². The Morgan fingerprint density at radius 2 is 2.33 bits per heavy atom. The second-order valence-electron chi connectivity index (χ2n) is 4.48. The van der Waals surface area contributed by atoms with E-state index in [1.807, 2.05) is 0 Å². The monoisotopic (exact) mass is 212 g/mol. The van der Waals surface area contributed by atoms with Crippen LogP contribution in [0.5, 0.6) is 0 Å². The smallest absolute Gasteiger partial charge is 0.237 e. The third-order valence-corrected chi connectivity index (χ3v) is 3.22. The molecule has 1 unspecified atom stereocenters. The molecule has 4 heteroatoms. The van der Waals surface area contributed by atoms with Crippen molar-refractivity contribution in [3.05, 3.63) is 0 Å². The zero-order chi connectivity index (χ0) is 10.5. The van der Waals surface area contributed by atoms with Crippen molar-refractivity contribution in [2.45, 2.75) is 31.7 Å². The number of rotatable bonds is 3. The second-order valence-corrected chi connectivity index (χ2v) is 4.48. The van der Waals surface area contributed by atoms with Crippen LogP contribution < -0.4 is 10.6 Å². The Hall–Kier alpha value is -0.610. The minimum absolute atomic E-state index is 0.0427. The van der Waals surface area contributed by atoms with Crippen molar-refractivity contribution in [2.75, 3.05) is 26.3 Å². The molecule has 0 saturated carbocycles. The summed E-state index contributed by atoms with van der Waals surface area (Å²) < 4.78 is 5.27. The number of amides is 1. The third-order valence-electron chi connectivity index (χ3n) is 3.22. The first-order valence-corrected chi connectivity index (χ1v) is 5.95. The quantitative estimate of drug-likeness (QED) is 0.706. The number of piperidine rings is 1. The van der Waals surface area contributed by atoms with Crippen LogP contribution in [0.15, 0.2) is 0 Å². The Labute approximate surface area is 90.8 Å². The van der Waals surface area contributed by atoms with E-state index in [2.05, 4.69) is 10.6 Å². The van der Waals surface area contributed by atoms with Crippen LogP contribution in [0.25, 0.3) is 0 Å². The van der Waals surface area contributed by atoms with E-state index in [1.54, 1.807) is 0 Å². The molecule has 4 nitrogen and oxygen atoms in total. The van der Waals surface area contributed by atoms with Gasteiger partial charge < -0.3 is 15.4 Å². The maximum Gasteiger partial charge on any atom is 0.237 e. The molecule has 2 aliphatic heterocycles. The van der Waals surface area contributed by atoms with E-state index in [4.69, 9.17) is 4.74 Å². The number of nitrogens with one attached hydrogen (secondary N) is 2. The highest BCUT2D eigenvalue weighted by Crippen LogP contribution is 2.11. The number of hydrogen-bond donors (Lipinski definition) is 2. The zero-order valence-corrected chi connectivity index (χ0v) is 9.13. The van der Waals surface area contributed by atoms with Gasteiger partial charge in [0.1, 0.15) is 0 Å². The van der Waals surface area contributed by atoms with Gasteiger partial charge in [-0.25, -0.2) is 0 Å². The second kappa shape index (κ2) is 5.47. The minimum Gasteiger partial charge on any atom is -0.381 e. The third kappa shape index (κ3) is 3.18. The Kier molecular flexibility index (Phi) is 3.97. The van der Waals surface area contributed by atoms with Crippen molar-refractivity contribution in [1.29, 1.82) is 0 Å². The SMILES string of the molecule is O=C(NCC1CCOC1)[C@@H]1CCCCN1. The molecule has 2 heterocycles. The largest absolute Gasteiger partial charge is 0.381 e. The van der Waals surface area contributed by atoms with Gasteiger partial charge in [-0.1, -0.05) is 6.42 Å². The molecule has 15 heavy (non-hydrogen) atoms. The van der Waals surface area contributed by atoms with Crippen LogP contribution in [-0.4, -0.2) is 38.3 Å². The molecular weight excluding hydrogens is 192 g/mol. The van der Waals surface area contributed by atoms with Gasteiger partial charge in [0.15, 0.2) is 0 Å². The van der Waals surface area contributed by atoms with Crippen molar-refractivity contribution in [3.8, 4) is 0 Å². The summed E-state index contributed by atoms with van der Waals surface area (Å²) in [7, 11) is 0. The van der Waals surface area contributed by atoms with Gasteiger partial charge in [0.05, 0.1) is 12.6 Å².